The van der Waals surface area contributed by atoms with Gasteiger partial charge < -0.3 is 15.1 Å². The minimum absolute atomic E-state index is 0.0694. The molecule has 5 nitrogen and oxygen atoms in total. The summed E-state index contributed by atoms with van der Waals surface area (Å²) in [4.78, 5) is 28.0. The molecule has 2 rings (SSSR count). The van der Waals surface area contributed by atoms with Crippen molar-refractivity contribution in [1.82, 2.24) is 9.80 Å². The molecule has 0 aliphatic carbocycles. The standard InChI is InChI=1S/C19H26FN3O2S2/c1-13-5-4-6-14(2)23(13)19(26)27-12-18(25)22(3)11-17(24)21-16-9-7-15(20)8-10-16/h7-10,13-14H,4-6,11-12H2,1-3H3,(H,21,24)/t13-,14+. The Bertz CT molecular complexity index is 674. The molecule has 1 aromatic rings. The number of hydrogen-bond donors (Lipinski definition) is 1. The Morgan fingerprint density at radius 1 is 1.26 bits per heavy atom. The minimum Gasteiger partial charge on any atom is -0.352 e. The number of likely N-dealkylation sites (tertiary alicyclic amines) is 1. The predicted molar refractivity (Wildman–Crippen MR) is 112 cm³/mol. The number of likely N-dealkylation sites (N-methyl/N-ethyl adjacent to an activating group) is 1. The van der Waals surface area contributed by atoms with Gasteiger partial charge in [0.25, 0.3) is 0 Å². The van der Waals surface area contributed by atoms with Gasteiger partial charge in [0.1, 0.15) is 10.1 Å². The highest BCUT2D eigenvalue weighted by Crippen LogP contribution is 2.26. The molecule has 1 aliphatic rings. The van der Waals surface area contributed by atoms with Gasteiger partial charge >= 0.3 is 0 Å². The molecule has 0 saturated carbocycles. The zero-order chi connectivity index (χ0) is 20.0. The van der Waals surface area contributed by atoms with Crippen molar-refractivity contribution in [2.24, 2.45) is 0 Å². The predicted octanol–water partition coefficient (Wildman–Crippen LogP) is 3.50. The molecule has 2 amide bonds. The van der Waals surface area contributed by atoms with E-state index in [1.807, 2.05) is 0 Å². The molecule has 0 spiro atoms. The zero-order valence-electron chi connectivity index (χ0n) is 15.9. The summed E-state index contributed by atoms with van der Waals surface area (Å²) >= 11 is 6.88. The topological polar surface area (TPSA) is 52.7 Å². The Labute approximate surface area is 169 Å². The first-order valence-electron chi connectivity index (χ1n) is 9.02. The van der Waals surface area contributed by atoms with Crippen LogP contribution < -0.4 is 5.32 Å². The van der Waals surface area contributed by atoms with Crippen molar-refractivity contribution in [3.63, 3.8) is 0 Å². The quantitative estimate of drug-likeness (QED) is 0.752. The van der Waals surface area contributed by atoms with Crippen LogP contribution in [0, 0.1) is 5.82 Å². The molecule has 8 heteroatoms. The molecule has 1 fully saturated rings. The average Bonchev–Trinajstić information content (AvgIpc) is 2.61. The van der Waals surface area contributed by atoms with Crippen LogP contribution in [0.2, 0.25) is 0 Å². The number of rotatable bonds is 5. The largest absolute Gasteiger partial charge is 0.352 e. The van der Waals surface area contributed by atoms with E-state index in [9.17, 15) is 14.0 Å². The van der Waals surface area contributed by atoms with Gasteiger partial charge in [0.05, 0.1) is 12.3 Å². The van der Waals surface area contributed by atoms with Crippen molar-refractivity contribution in [3.05, 3.63) is 30.1 Å². The molecule has 2 atom stereocenters. The number of thiocarbonyl (C=S) groups is 1. The van der Waals surface area contributed by atoms with Crippen molar-refractivity contribution in [2.75, 3.05) is 24.7 Å². The number of nitrogens with zero attached hydrogens (tertiary/aromatic N) is 2. The minimum atomic E-state index is -0.370. The fraction of sp³-hybridized carbons (Fsp3) is 0.526. The number of carbonyl (C=O) groups excluding carboxylic acids is 2. The molecule has 0 radical (unpaired) electrons. The van der Waals surface area contributed by atoms with Gasteiger partial charge in [0.2, 0.25) is 11.8 Å². The lowest BCUT2D eigenvalue weighted by Crippen LogP contribution is -2.46. The lowest BCUT2D eigenvalue weighted by molar-refractivity contribution is -0.131. The average molecular weight is 412 g/mol. The van der Waals surface area contributed by atoms with Gasteiger partial charge in [-0.2, -0.15) is 0 Å². The van der Waals surface area contributed by atoms with Crippen molar-refractivity contribution in [2.45, 2.75) is 45.2 Å². The summed E-state index contributed by atoms with van der Waals surface area (Å²) in [6.45, 7) is 4.26. The Balaban J connectivity index is 1.78. The molecule has 1 saturated heterocycles. The lowest BCUT2D eigenvalue weighted by atomic mass is 9.99. The SMILES string of the molecule is C[C@@H]1CCC[C@H](C)N1C(=S)SCC(=O)N(C)CC(=O)Nc1ccc(F)cc1. The number of benzene rings is 1. The number of hydrogen-bond acceptors (Lipinski definition) is 4. The molecule has 1 aromatic carbocycles. The van der Waals surface area contributed by atoms with Crippen molar-refractivity contribution < 1.29 is 14.0 Å². The van der Waals surface area contributed by atoms with Crippen LogP contribution in [0.3, 0.4) is 0 Å². The fourth-order valence-corrected chi connectivity index (χ4v) is 4.64. The second kappa shape index (κ2) is 10.0. The second-order valence-corrected chi connectivity index (χ2v) is 8.50. The lowest BCUT2D eigenvalue weighted by Gasteiger charge is -2.40. The van der Waals surface area contributed by atoms with Crippen LogP contribution in [0.4, 0.5) is 10.1 Å². The molecule has 1 N–H and O–H groups in total. The molecule has 1 heterocycles. The Morgan fingerprint density at radius 3 is 2.44 bits per heavy atom. The number of thioether (sulfide) groups is 1. The highest BCUT2D eigenvalue weighted by Gasteiger charge is 2.27. The molecule has 0 bridgehead atoms. The summed E-state index contributed by atoms with van der Waals surface area (Å²) in [6, 6.07) is 6.27. The van der Waals surface area contributed by atoms with Gasteiger partial charge in [0, 0.05) is 24.8 Å². The maximum Gasteiger partial charge on any atom is 0.243 e. The maximum absolute atomic E-state index is 12.9. The van der Waals surface area contributed by atoms with Crippen molar-refractivity contribution >= 4 is 45.8 Å². The van der Waals surface area contributed by atoms with Crippen molar-refractivity contribution in [1.29, 1.82) is 0 Å². The van der Waals surface area contributed by atoms with E-state index < -0.39 is 0 Å². The maximum atomic E-state index is 12.9. The highest BCUT2D eigenvalue weighted by molar-refractivity contribution is 8.23. The molecular weight excluding hydrogens is 385 g/mol. The number of halogens is 1. The first-order chi connectivity index (χ1) is 12.8. The number of anilines is 1. The van der Waals surface area contributed by atoms with Gasteiger partial charge in [-0.25, -0.2) is 4.39 Å². The highest BCUT2D eigenvalue weighted by atomic mass is 32.2. The van der Waals surface area contributed by atoms with Gasteiger partial charge in [-0.1, -0.05) is 24.0 Å². The van der Waals surface area contributed by atoms with Gasteiger partial charge in [-0.05, 0) is 57.4 Å². The van der Waals surface area contributed by atoms with Crippen LogP contribution in [0.25, 0.3) is 0 Å². The summed E-state index contributed by atoms with van der Waals surface area (Å²) < 4.78 is 13.6. The fourth-order valence-electron chi connectivity index (χ4n) is 3.13. The van der Waals surface area contributed by atoms with Crippen LogP contribution in [-0.4, -0.2) is 57.4 Å². The molecule has 148 valence electrons. The molecule has 0 aromatic heterocycles. The van der Waals surface area contributed by atoms with Gasteiger partial charge in [0.15, 0.2) is 0 Å². The smallest absolute Gasteiger partial charge is 0.243 e. The van der Waals surface area contributed by atoms with E-state index in [1.165, 1.54) is 47.3 Å². The first kappa shape index (κ1) is 21.6. The van der Waals surface area contributed by atoms with E-state index in [1.54, 1.807) is 7.05 Å². The summed E-state index contributed by atoms with van der Waals surface area (Å²) in [6.07, 6.45) is 3.43. The number of carbonyl (C=O) groups is 2. The molecule has 1 aliphatic heterocycles. The van der Waals surface area contributed by atoms with E-state index in [-0.39, 0.29) is 29.9 Å². The normalized spacial score (nSPS) is 19.5. The monoisotopic (exact) mass is 411 g/mol. The Kier molecular flexibility index (Phi) is 8.04. The Morgan fingerprint density at radius 2 is 1.85 bits per heavy atom. The van der Waals surface area contributed by atoms with Crippen LogP contribution in [0.15, 0.2) is 24.3 Å². The van der Waals surface area contributed by atoms with Gasteiger partial charge in [-0.3, -0.25) is 9.59 Å². The second-order valence-electron chi connectivity index (χ2n) is 6.90. The number of amides is 2. The van der Waals surface area contributed by atoms with E-state index >= 15 is 0 Å². The van der Waals surface area contributed by atoms with Crippen LogP contribution in [0.1, 0.15) is 33.1 Å². The molecule has 0 unspecified atom stereocenters. The number of nitrogens with one attached hydrogen (secondary N) is 1. The molecular formula is C19H26FN3O2S2. The Hall–Kier alpha value is -1.67. The van der Waals surface area contributed by atoms with E-state index in [0.29, 0.717) is 17.8 Å². The summed E-state index contributed by atoms with van der Waals surface area (Å²) in [5, 5.41) is 2.64. The van der Waals surface area contributed by atoms with Gasteiger partial charge in [-0.15, -0.1) is 0 Å². The van der Waals surface area contributed by atoms with Crippen LogP contribution in [0.5, 0.6) is 0 Å². The van der Waals surface area contributed by atoms with Crippen LogP contribution >= 0.6 is 24.0 Å². The van der Waals surface area contributed by atoms with Crippen molar-refractivity contribution in [3.8, 4) is 0 Å². The van der Waals surface area contributed by atoms with E-state index in [2.05, 4.69) is 24.1 Å². The third-order valence-electron chi connectivity index (χ3n) is 4.66. The summed E-state index contributed by atoms with van der Waals surface area (Å²) in [5.41, 5.74) is 0.492. The zero-order valence-corrected chi connectivity index (χ0v) is 17.5. The van der Waals surface area contributed by atoms with Crippen LogP contribution in [-0.2, 0) is 9.59 Å². The summed E-state index contributed by atoms with van der Waals surface area (Å²) in [5.74, 6) is -0.655. The van der Waals surface area contributed by atoms with E-state index in [4.69, 9.17) is 12.2 Å². The third kappa shape index (κ3) is 6.46. The number of piperidine rings is 1. The first-order valence-corrected chi connectivity index (χ1v) is 10.4. The summed E-state index contributed by atoms with van der Waals surface area (Å²) in [7, 11) is 1.59. The van der Waals surface area contributed by atoms with E-state index in [0.717, 1.165) is 17.2 Å². The molecule has 27 heavy (non-hydrogen) atoms. The third-order valence-corrected chi connectivity index (χ3v) is 6.07.